The summed E-state index contributed by atoms with van der Waals surface area (Å²) in [7, 11) is 0. The number of allylic oxidation sites excluding steroid dienone is 2. The molecule has 1 N–H and O–H groups in total. The molecule has 0 aromatic carbocycles. The molecule has 0 radical (unpaired) electrons. The van der Waals surface area contributed by atoms with Gasteiger partial charge in [0.2, 0.25) is 17.6 Å². The number of rotatable bonds is 7. The summed E-state index contributed by atoms with van der Waals surface area (Å²) >= 11 is 0. The van der Waals surface area contributed by atoms with E-state index in [0.29, 0.717) is 24.1 Å². The summed E-state index contributed by atoms with van der Waals surface area (Å²) in [5, 5.41) is 0. The molecule has 2 amide bonds. The second-order valence-corrected chi connectivity index (χ2v) is 8.17. The van der Waals surface area contributed by atoms with Crippen LogP contribution in [0.4, 0.5) is 0 Å². The van der Waals surface area contributed by atoms with E-state index in [1.54, 1.807) is 20.8 Å². The summed E-state index contributed by atoms with van der Waals surface area (Å²) in [4.78, 5) is 67.0. The minimum absolute atomic E-state index is 0.143. The third-order valence-corrected chi connectivity index (χ3v) is 6.10. The first-order valence-electron chi connectivity index (χ1n) is 10.7. The second kappa shape index (κ2) is 9.10. The number of ether oxygens (including phenoxy) is 2. The van der Waals surface area contributed by atoms with E-state index >= 15 is 0 Å². The first kappa shape index (κ1) is 23.4. The number of hydrogen-bond donors (Lipinski definition) is 1. The number of fused-ring (bicyclic) bond motifs is 1. The summed E-state index contributed by atoms with van der Waals surface area (Å²) in [5.41, 5.74) is 1.29. The van der Waals surface area contributed by atoms with Crippen LogP contribution >= 0.6 is 0 Å². The van der Waals surface area contributed by atoms with Crippen LogP contribution in [0.5, 0.6) is 0 Å². The zero-order chi connectivity index (χ0) is 23.7. The molecular weight excluding hydrogens is 416 g/mol. The normalized spacial score (nSPS) is 21.8. The van der Waals surface area contributed by atoms with Crippen molar-refractivity contribution in [3.05, 3.63) is 34.7 Å². The number of nitrogens with one attached hydrogen (secondary N) is 1. The van der Waals surface area contributed by atoms with Gasteiger partial charge in [0.1, 0.15) is 6.04 Å². The summed E-state index contributed by atoms with van der Waals surface area (Å²) in [6, 6.07) is -1.14. The lowest BCUT2D eigenvalue weighted by Gasteiger charge is -2.23. The molecule has 3 rings (SSSR count). The standard InChI is InChI=1S/C23H28N2O7/c1-6-31-23(30)17-11(2)18(24-12(17)3)19(26)14(5)32-22(29)13(4)25-20(27)15-9-7-8-10-16(15)21(25)28/h7-8,13-16,24H,6,9-10H2,1-5H3/t13-,14-,15-,16-/m0/s1. The lowest BCUT2D eigenvalue weighted by molar-refractivity contribution is -0.159. The van der Waals surface area contributed by atoms with E-state index in [0.717, 1.165) is 4.90 Å². The third kappa shape index (κ3) is 3.99. The fourth-order valence-corrected chi connectivity index (χ4v) is 4.35. The van der Waals surface area contributed by atoms with Gasteiger partial charge in [0.15, 0.2) is 6.10 Å². The van der Waals surface area contributed by atoms with Gasteiger partial charge in [-0.1, -0.05) is 12.2 Å². The number of amides is 2. The molecule has 1 aliphatic carbocycles. The fraction of sp³-hybridized carbons (Fsp3) is 0.522. The van der Waals surface area contributed by atoms with E-state index in [4.69, 9.17) is 9.47 Å². The highest BCUT2D eigenvalue weighted by molar-refractivity contribution is 6.08. The Hall–Kier alpha value is -3.23. The van der Waals surface area contributed by atoms with Crippen LogP contribution in [-0.2, 0) is 23.9 Å². The first-order valence-corrected chi connectivity index (χ1v) is 10.7. The largest absolute Gasteiger partial charge is 0.462 e. The minimum Gasteiger partial charge on any atom is -0.462 e. The highest BCUT2D eigenvalue weighted by Crippen LogP contribution is 2.36. The van der Waals surface area contributed by atoms with Gasteiger partial charge >= 0.3 is 11.9 Å². The van der Waals surface area contributed by atoms with Gasteiger partial charge in [-0.2, -0.15) is 0 Å². The van der Waals surface area contributed by atoms with Crippen LogP contribution in [0.15, 0.2) is 12.2 Å². The number of Topliss-reactive ketones (excluding diaryl/α,β-unsaturated/α-hetero) is 1. The number of imide groups is 1. The molecule has 32 heavy (non-hydrogen) atoms. The van der Waals surface area contributed by atoms with E-state index in [-0.39, 0.29) is 29.7 Å². The average molecular weight is 444 g/mol. The highest BCUT2D eigenvalue weighted by atomic mass is 16.5. The van der Waals surface area contributed by atoms with Gasteiger partial charge in [0, 0.05) is 5.69 Å². The van der Waals surface area contributed by atoms with Gasteiger partial charge in [-0.15, -0.1) is 0 Å². The van der Waals surface area contributed by atoms with Gasteiger partial charge in [0.25, 0.3) is 0 Å². The number of aryl methyl sites for hydroxylation is 1. The Morgan fingerprint density at radius 3 is 2.19 bits per heavy atom. The lowest BCUT2D eigenvalue weighted by atomic mass is 9.85. The Morgan fingerprint density at radius 2 is 1.66 bits per heavy atom. The maximum Gasteiger partial charge on any atom is 0.340 e. The summed E-state index contributed by atoms with van der Waals surface area (Å²) in [5.74, 6) is -3.59. The van der Waals surface area contributed by atoms with Gasteiger partial charge in [-0.3, -0.25) is 19.3 Å². The number of ketones is 1. The van der Waals surface area contributed by atoms with Crippen molar-refractivity contribution in [1.29, 1.82) is 0 Å². The number of carbonyl (C=O) groups excluding carboxylic acids is 5. The molecule has 9 nitrogen and oxygen atoms in total. The topological polar surface area (TPSA) is 123 Å². The van der Waals surface area contributed by atoms with Crippen molar-refractivity contribution in [2.45, 2.75) is 59.6 Å². The van der Waals surface area contributed by atoms with E-state index in [2.05, 4.69) is 4.98 Å². The van der Waals surface area contributed by atoms with E-state index < -0.39 is 41.7 Å². The number of aromatic amines is 1. The van der Waals surface area contributed by atoms with Crippen molar-refractivity contribution >= 4 is 29.5 Å². The molecule has 172 valence electrons. The molecule has 1 aromatic heterocycles. The highest BCUT2D eigenvalue weighted by Gasteiger charge is 2.50. The molecule has 0 unspecified atom stereocenters. The number of aromatic nitrogens is 1. The number of carbonyl (C=O) groups is 5. The molecule has 1 saturated heterocycles. The van der Waals surface area contributed by atoms with Gasteiger partial charge in [-0.05, 0) is 53.0 Å². The predicted octanol–water partition coefficient (Wildman–Crippen LogP) is 2.26. The molecule has 0 saturated carbocycles. The molecule has 0 spiro atoms. The maximum absolute atomic E-state index is 12.9. The SMILES string of the molecule is CCOC(=O)c1c(C)[nH]c(C(=O)[C@H](C)OC(=O)[C@H](C)N2C(=O)[C@H]3CC=CC[C@@H]3C2=O)c1C. The Balaban J connectivity index is 1.71. The lowest BCUT2D eigenvalue weighted by Crippen LogP contribution is -2.45. The maximum atomic E-state index is 12.9. The number of likely N-dealkylation sites (tertiary alicyclic amines) is 1. The summed E-state index contributed by atoms with van der Waals surface area (Å²) < 4.78 is 10.3. The molecular formula is C23H28N2O7. The smallest absolute Gasteiger partial charge is 0.340 e. The predicted molar refractivity (Wildman–Crippen MR) is 113 cm³/mol. The Bertz CT molecular complexity index is 980. The summed E-state index contributed by atoms with van der Waals surface area (Å²) in [6.07, 6.45) is 3.48. The zero-order valence-electron chi connectivity index (χ0n) is 18.9. The van der Waals surface area contributed by atoms with Crippen LogP contribution in [-0.4, -0.2) is 58.2 Å². The number of hydrogen-bond acceptors (Lipinski definition) is 7. The van der Waals surface area contributed by atoms with E-state index in [1.807, 2.05) is 12.2 Å². The van der Waals surface area contributed by atoms with Gasteiger partial charge < -0.3 is 14.5 Å². The molecule has 4 atom stereocenters. The molecule has 9 heteroatoms. The Morgan fingerprint density at radius 1 is 1.09 bits per heavy atom. The van der Waals surface area contributed by atoms with Crippen LogP contribution in [0, 0.1) is 25.7 Å². The summed E-state index contributed by atoms with van der Waals surface area (Å²) in [6.45, 7) is 7.97. The molecule has 1 fully saturated rings. The van der Waals surface area contributed by atoms with Crippen LogP contribution in [0.25, 0.3) is 0 Å². The number of nitrogens with zero attached hydrogens (tertiary/aromatic N) is 1. The van der Waals surface area contributed by atoms with Crippen molar-refractivity contribution in [2.75, 3.05) is 6.61 Å². The zero-order valence-corrected chi connectivity index (χ0v) is 18.9. The van der Waals surface area contributed by atoms with Crippen molar-refractivity contribution in [3.63, 3.8) is 0 Å². The van der Waals surface area contributed by atoms with Gasteiger partial charge in [-0.25, -0.2) is 9.59 Å². The second-order valence-electron chi connectivity index (χ2n) is 8.17. The Kier molecular flexibility index (Phi) is 6.66. The van der Waals surface area contributed by atoms with E-state index in [1.165, 1.54) is 13.8 Å². The monoisotopic (exact) mass is 444 g/mol. The van der Waals surface area contributed by atoms with Crippen LogP contribution < -0.4 is 0 Å². The quantitative estimate of drug-likeness (QED) is 0.296. The third-order valence-electron chi connectivity index (χ3n) is 6.10. The van der Waals surface area contributed by atoms with Crippen LogP contribution in [0.2, 0.25) is 0 Å². The minimum atomic E-state index is -1.19. The first-order chi connectivity index (χ1) is 15.1. The van der Waals surface area contributed by atoms with Crippen molar-refractivity contribution < 1.29 is 33.4 Å². The Labute approximate surface area is 186 Å². The van der Waals surface area contributed by atoms with Crippen molar-refractivity contribution in [2.24, 2.45) is 11.8 Å². The molecule has 1 aromatic rings. The molecule has 0 bridgehead atoms. The fourth-order valence-electron chi connectivity index (χ4n) is 4.35. The molecule has 2 aliphatic rings. The van der Waals surface area contributed by atoms with Crippen molar-refractivity contribution in [1.82, 2.24) is 9.88 Å². The number of esters is 2. The van der Waals surface area contributed by atoms with E-state index in [9.17, 15) is 24.0 Å². The average Bonchev–Trinajstić information content (AvgIpc) is 3.19. The van der Waals surface area contributed by atoms with Crippen LogP contribution in [0.1, 0.15) is 65.7 Å². The molecule has 2 heterocycles. The number of H-pyrrole nitrogens is 1. The van der Waals surface area contributed by atoms with Gasteiger partial charge in [0.05, 0.1) is 29.7 Å². The van der Waals surface area contributed by atoms with Crippen molar-refractivity contribution in [3.8, 4) is 0 Å². The van der Waals surface area contributed by atoms with Crippen LogP contribution in [0.3, 0.4) is 0 Å². The molecule has 1 aliphatic heterocycles.